The molecule has 1 unspecified atom stereocenters. The zero-order valence-corrected chi connectivity index (χ0v) is 11.0. The van der Waals surface area contributed by atoms with Gasteiger partial charge in [0, 0.05) is 12.6 Å². The summed E-state index contributed by atoms with van der Waals surface area (Å²) in [5.74, 6) is 0.502. The molecule has 1 N–H and O–H groups in total. The number of hydrogen-bond acceptors (Lipinski definition) is 3. The predicted octanol–water partition coefficient (Wildman–Crippen LogP) is 1.39. The van der Waals surface area contributed by atoms with Gasteiger partial charge in [-0.2, -0.15) is 0 Å². The van der Waals surface area contributed by atoms with E-state index in [-0.39, 0.29) is 18.4 Å². The average molecular weight is 249 g/mol. The normalized spacial score (nSPS) is 18.1. The van der Waals surface area contributed by atoms with Crippen LogP contribution in [0.5, 0.6) is 5.75 Å². The molecule has 0 saturated carbocycles. The predicted molar refractivity (Wildman–Crippen MR) is 68.6 cm³/mol. The maximum atomic E-state index is 12.4. The van der Waals surface area contributed by atoms with Crippen LogP contribution < -0.4 is 4.74 Å². The number of aliphatic hydroxyl groups is 1. The van der Waals surface area contributed by atoms with Crippen molar-refractivity contribution < 1.29 is 14.6 Å². The first-order valence-electron chi connectivity index (χ1n) is 6.07. The second kappa shape index (κ2) is 4.61. The van der Waals surface area contributed by atoms with Gasteiger partial charge in [0.05, 0.1) is 12.1 Å². The molecule has 0 aromatic heterocycles. The maximum Gasteiger partial charge on any atom is 0.233 e. The van der Waals surface area contributed by atoms with Crippen LogP contribution in [-0.4, -0.2) is 41.7 Å². The number of hydrogen-bond donors (Lipinski definition) is 1. The molecule has 4 nitrogen and oxygen atoms in total. The minimum absolute atomic E-state index is 0.0148. The van der Waals surface area contributed by atoms with Crippen molar-refractivity contribution in [1.29, 1.82) is 0 Å². The average Bonchev–Trinajstić information content (AvgIpc) is 2.80. The largest absolute Gasteiger partial charge is 0.492 e. The van der Waals surface area contributed by atoms with Gasteiger partial charge in [0.15, 0.2) is 0 Å². The van der Waals surface area contributed by atoms with E-state index in [1.54, 1.807) is 11.9 Å². The van der Waals surface area contributed by atoms with Gasteiger partial charge in [-0.1, -0.05) is 18.2 Å². The van der Waals surface area contributed by atoms with E-state index in [2.05, 4.69) is 0 Å². The number of amides is 1. The molecule has 18 heavy (non-hydrogen) atoms. The van der Waals surface area contributed by atoms with Crippen LogP contribution in [-0.2, 0) is 4.79 Å². The minimum atomic E-state index is -0.561. The molecule has 0 spiro atoms. The number of likely N-dealkylation sites (N-methyl/N-ethyl adjacent to an activating group) is 1. The number of rotatable bonds is 3. The Hall–Kier alpha value is -1.55. The van der Waals surface area contributed by atoms with E-state index in [4.69, 9.17) is 4.74 Å². The Morgan fingerprint density at radius 2 is 2.17 bits per heavy atom. The number of carbonyl (C=O) groups excluding carboxylic acids is 1. The highest BCUT2D eigenvalue weighted by Gasteiger charge is 2.36. The van der Waals surface area contributed by atoms with Gasteiger partial charge in [0.25, 0.3) is 0 Å². The summed E-state index contributed by atoms with van der Waals surface area (Å²) in [5.41, 5.74) is 0.373. The van der Waals surface area contributed by atoms with Crippen LogP contribution in [0.4, 0.5) is 0 Å². The number of aliphatic hydroxyl groups excluding tert-OH is 1. The van der Waals surface area contributed by atoms with E-state index >= 15 is 0 Å². The Kier molecular flexibility index (Phi) is 3.30. The van der Waals surface area contributed by atoms with E-state index in [0.717, 1.165) is 11.3 Å². The zero-order valence-electron chi connectivity index (χ0n) is 11.0. The summed E-state index contributed by atoms with van der Waals surface area (Å²) in [5, 5.41) is 9.33. The Labute approximate surface area is 107 Å². The molecule has 1 aromatic rings. The van der Waals surface area contributed by atoms with Crippen molar-refractivity contribution in [1.82, 2.24) is 4.90 Å². The molecule has 1 heterocycles. The lowest BCUT2D eigenvalue weighted by atomic mass is 9.96. The lowest BCUT2D eigenvalue weighted by Crippen LogP contribution is -2.49. The van der Waals surface area contributed by atoms with Crippen molar-refractivity contribution in [2.45, 2.75) is 25.3 Å². The van der Waals surface area contributed by atoms with Crippen molar-refractivity contribution in [3.8, 4) is 5.75 Å². The Bertz CT molecular complexity index is 456. The Balaban J connectivity index is 2.22. The fourth-order valence-electron chi connectivity index (χ4n) is 2.01. The quantitative estimate of drug-likeness (QED) is 0.880. The standard InChI is InChI=1S/C14H19NO3/c1-14(2,9-16)15(3)13(17)11-8-18-12-7-5-4-6-10(11)12/h4-7,11,16H,8-9H2,1-3H3. The Morgan fingerprint density at radius 1 is 1.50 bits per heavy atom. The number of nitrogens with zero attached hydrogens (tertiary/aromatic N) is 1. The molecular weight excluding hydrogens is 230 g/mol. The molecule has 98 valence electrons. The molecule has 4 heteroatoms. The van der Waals surface area contributed by atoms with Crippen LogP contribution in [0, 0.1) is 0 Å². The van der Waals surface area contributed by atoms with Gasteiger partial charge in [-0.05, 0) is 19.9 Å². The van der Waals surface area contributed by atoms with Crippen molar-refractivity contribution >= 4 is 5.91 Å². The van der Waals surface area contributed by atoms with Crippen LogP contribution in [0.2, 0.25) is 0 Å². The second-order valence-corrected chi connectivity index (χ2v) is 5.27. The highest BCUT2D eigenvalue weighted by molar-refractivity contribution is 5.86. The van der Waals surface area contributed by atoms with Gasteiger partial charge in [-0.3, -0.25) is 4.79 Å². The third-order valence-corrected chi connectivity index (χ3v) is 3.62. The van der Waals surface area contributed by atoms with Gasteiger partial charge in [-0.15, -0.1) is 0 Å². The van der Waals surface area contributed by atoms with Crippen LogP contribution in [0.3, 0.4) is 0 Å². The summed E-state index contributed by atoms with van der Waals surface area (Å²) in [6.45, 7) is 3.99. The smallest absolute Gasteiger partial charge is 0.233 e. The molecule has 0 saturated heterocycles. The SMILES string of the molecule is CN(C(=O)C1COc2ccccc21)C(C)(C)CO. The highest BCUT2D eigenvalue weighted by Crippen LogP contribution is 2.35. The van der Waals surface area contributed by atoms with Crippen LogP contribution in [0.1, 0.15) is 25.3 Å². The number of fused-ring (bicyclic) bond motifs is 1. The first-order chi connectivity index (χ1) is 8.47. The summed E-state index contributed by atoms with van der Waals surface area (Å²) in [6.07, 6.45) is 0. The van der Waals surface area contributed by atoms with Gasteiger partial charge in [-0.25, -0.2) is 0 Å². The van der Waals surface area contributed by atoms with E-state index in [1.807, 2.05) is 38.1 Å². The zero-order chi connectivity index (χ0) is 13.3. The third kappa shape index (κ3) is 2.08. The molecule has 0 fully saturated rings. The van der Waals surface area contributed by atoms with Crippen molar-refractivity contribution in [3.63, 3.8) is 0 Å². The molecule has 0 bridgehead atoms. The summed E-state index contributed by atoms with van der Waals surface area (Å²) in [6, 6.07) is 7.60. The minimum Gasteiger partial charge on any atom is -0.492 e. The molecule has 1 amide bonds. The Morgan fingerprint density at radius 3 is 2.83 bits per heavy atom. The molecule has 1 atom stereocenters. The second-order valence-electron chi connectivity index (χ2n) is 5.27. The van der Waals surface area contributed by atoms with E-state index in [1.165, 1.54) is 0 Å². The number of benzene rings is 1. The molecular formula is C14H19NO3. The number of ether oxygens (including phenoxy) is 1. The van der Waals surface area contributed by atoms with Crippen LogP contribution in [0.15, 0.2) is 24.3 Å². The van der Waals surface area contributed by atoms with Gasteiger partial charge < -0.3 is 14.7 Å². The molecule has 0 radical (unpaired) electrons. The van der Waals surface area contributed by atoms with Crippen LogP contribution >= 0.6 is 0 Å². The summed E-state index contributed by atoms with van der Waals surface area (Å²) >= 11 is 0. The first kappa shape index (κ1) is 12.9. The maximum absolute atomic E-state index is 12.4. The lowest BCUT2D eigenvalue weighted by molar-refractivity contribution is -0.137. The van der Waals surface area contributed by atoms with E-state index < -0.39 is 5.54 Å². The lowest BCUT2D eigenvalue weighted by Gasteiger charge is -2.35. The number of carbonyl (C=O) groups is 1. The summed E-state index contributed by atoms with van der Waals surface area (Å²) < 4.78 is 5.52. The molecule has 0 aliphatic carbocycles. The summed E-state index contributed by atoms with van der Waals surface area (Å²) in [4.78, 5) is 14.0. The number of para-hydroxylation sites is 1. The molecule has 2 rings (SSSR count). The van der Waals surface area contributed by atoms with Gasteiger partial charge in [0.2, 0.25) is 5.91 Å². The highest BCUT2D eigenvalue weighted by atomic mass is 16.5. The van der Waals surface area contributed by atoms with Gasteiger partial charge >= 0.3 is 0 Å². The monoisotopic (exact) mass is 249 g/mol. The van der Waals surface area contributed by atoms with Crippen molar-refractivity contribution in [2.75, 3.05) is 20.3 Å². The fraction of sp³-hybridized carbons (Fsp3) is 0.500. The van der Waals surface area contributed by atoms with Gasteiger partial charge in [0.1, 0.15) is 18.3 Å². The molecule has 1 aliphatic rings. The molecule has 1 aromatic carbocycles. The molecule has 1 aliphatic heterocycles. The van der Waals surface area contributed by atoms with Crippen molar-refractivity contribution in [2.24, 2.45) is 0 Å². The van der Waals surface area contributed by atoms with Crippen LogP contribution in [0.25, 0.3) is 0 Å². The first-order valence-corrected chi connectivity index (χ1v) is 6.07. The third-order valence-electron chi connectivity index (χ3n) is 3.62. The van der Waals surface area contributed by atoms with Crippen molar-refractivity contribution in [3.05, 3.63) is 29.8 Å². The topological polar surface area (TPSA) is 49.8 Å². The summed E-state index contributed by atoms with van der Waals surface area (Å²) in [7, 11) is 1.72. The van der Waals surface area contributed by atoms with E-state index in [0.29, 0.717) is 6.61 Å². The van der Waals surface area contributed by atoms with E-state index in [9.17, 15) is 9.90 Å². The fourth-order valence-corrected chi connectivity index (χ4v) is 2.01.